The van der Waals surface area contributed by atoms with Crippen molar-refractivity contribution in [1.82, 2.24) is 4.98 Å². The van der Waals surface area contributed by atoms with Gasteiger partial charge in [-0.2, -0.15) is 13.2 Å². The van der Waals surface area contributed by atoms with Crippen LogP contribution in [0.25, 0.3) is 0 Å². The molecule has 1 fully saturated rings. The Morgan fingerprint density at radius 1 is 1.20 bits per heavy atom. The maximum atomic E-state index is 12.6. The first-order valence-corrected chi connectivity index (χ1v) is 7.10. The Kier molecular flexibility index (Phi) is 4.55. The number of nitrogens with zero attached hydrogens (tertiary/aromatic N) is 1. The van der Waals surface area contributed by atoms with E-state index in [-0.39, 0.29) is 12.8 Å². The summed E-state index contributed by atoms with van der Waals surface area (Å²) in [5.74, 6) is -0.768. The van der Waals surface area contributed by atoms with Crippen LogP contribution in [0.1, 0.15) is 36.9 Å². The van der Waals surface area contributed by atoms with Gasteiger partial charge in [-0.05, 0) is 57.1 Å². The van der Waals surface area contributed by atoms with Crippen molar-refractivity contribution in [2.24, 2.45) is 11.8 Å². The predicted octanol–water partition coefficient (Wildman–Crippen LogP) is 4.48. The van der Waals surface area contributed by atoms with Gasteiger partial charge in [0.05, 0.1) is 17.8 Å². The molecule has 2 rings (SSSR count). The summed E-state index contributed by atoms with van der Waals surface area (Å²) in [5.41, 5.74) is 3.08. The smallest absolute Gasteiger partial charge is 0.383 e. The van der Waals surface area contributed by atoms with Crippen molar-refractivity contribution in [1.29, 1.82) is 0 Å². The summed E-state index contributed by atoms with van der Waals surface area (Å²) < 4.78 is 37.8. The Labute approximate surface area is 117 Å². The molecule has 0 saturated heterocycles. The van der Waals surface area contributed by atoms with Gasteiger partial charge in [-0.15, -0.1) is 0 Å². The van der Waals surface area contributed by atoms with Crippen molar-refractivity contribution in [3.8, 4) is 0 Å². The lowest BCUT2D eigenvalue weighted by atomic mass is 9.81. The summed E-state index contributed by atoms with van der Waals surface area (Å²) in [7, 11) is 0. The highest BCUT2D eigenvalue weighted by Gasteiger charge is 2.41. The molecule has 1 saturated carbocycles. The summed E-state index contributed by atoms with van der Waals surface area (Å²) in [6.07, 6.45) is -0.394. The third-order valence-electron chi connectivity index (χ3n) is 4.14. The number of nitrogens with one attached hydrogen (secondary N) is 1. The molecule has 1 aliphatic rings. The van der Waals surface area contributed by atoms with E-state index in [0.29, 0.717) is 18.8 Å². The van der Waals surface area contributed by atoms with E-state index < -0.39 is 12.1 Å². The van der Waals surface area contributed by atoms with E-state index in [1.54, 1.807) is 6.20 Å². The zero-order valence-corrected chi connectivity index (χ0v) is 11.9. The number of rotatable bonds is 3. The van der Waals surface area contributed by atoms with Crippen LogP contribution in [0, 0.1) is 25.7 Å². The minimum atomic E-state index is -4.02. The Bertz CT molecular complexity index is 449. The molecule has 0 radical (unpaired) electrons. The van der Waals surface area contributed by atoms with Gasteiger partial charge in [0.15, 0.2) is 0 Å². The van der Waals surface area contributed by atoms with Crippen LogP contribution in [0.5, 0.6) is 0 Å². The normalized spacial score (nSPS) is 23.6. The predicted molar refractivity (Wildman–Crippen MR) is 73.7 cm³/mol. The van der Waals surface area contributed by atoms with Gasteiger partial charge in [-0.1, -0.05) is 0 Å². The van der Waals surface area contributed by atoms with Gasteiger partial charge in [0.2, 0.25) is 0 Å². The second kappa shape index (κ2) is 6.02. The van der Waals surface area contributed by atoms with Crippen LogP contribution < -0.4 is 5.32 Å². The summed E-state index contributed by atoms with van der Waals surface area (Å²) in [6.45, 7) is 4.68. The number of anilines is 1. The minimum absolute atomic E-state index is 0.265. The zero-order chi connectivity index (χ0) is 14.8. The minimum Gasteiger partial charge on any atom is -0.383 e. The maximum Gasteiger partial charge on any atom is 0.391 e. The van der Waals surface area contributed by atoms with Crippen LogP contribution in [0.3, 0.4) is 0 Å². The van der Waals surface area contributed by atoms with Crippen LogP contribution in [0.4, 0.5) is 18.9 Å². The van der Waals surface area contributed by atoms with Crippen LogP contribution in [0.2, 0.25) is 0 Å². The lowest BCUT2D eigenvalue weighted by Gasteiger charge is -2.30. The summed E-state index contributed by atoms with van der Waals surface area (Å²) in [4.78, 5) is 4.24. The molecule has 1 N–H and O–H groups in total. The molecule has 2 nitrogen and oxygen atoms in total. The van der Waals surface area contributed by atoms with Crippen molar-refractivity contribution in [2.45, 2.75) is 45.7 Å². The lowest BCUT2D eigenvalue weighted by molar-refractivity contribution is -0.183. The molecular weight excluding hydrogens is 265 g/mol. The van der Waals surface area contributed by atoms with Crippen molar-refractivity contribution >= 4 is 5.69 Å². The quantitative estimate of drug-likeness (QED) is 0.886. The molecule has 0 amide bonds. The van der Waals surface area contributed by atoms with E-state index in [1.807, 2.05) is 19.9 Å². The highest BCUT2D eigenvalue weighted by atomic mass is 19.4. The number of aryl methyl sites for hydroxylation is 2. The van der Waals surface area contributed by atoms with E-state index in [1.165, 1.54) is 0 Å². The molecule has 1 aromatic rings. The van der Waals surface area contributed by atoms with Gasteiger partial charge in [0, 0.05) is 12.2 Å². The molecule has 1 aliphatic carbocycles. The van der Waals surface area contributed by atoms with Crippen molar-refractivity contribution in [2.75, 3.05) is 11.9 Å². The fourth-order valence-corrected chi connectivity index (χ4v) is 2.83. The van der Waals surface area contributed by atoms with Gasteiger partial charge in [-0.3, -0.25) is 4.98 Å². The second-order valence-electron chi connectivity index (χ2n) is 5.78. The first kappa shape index (κ1) is 15.1. The molecule has 0 spiro atoms. The number of hydrogen-bond donors (Lipinski definition) is 1. The SMILES string of the molecule is Cc1cc(C)c(NCC2CCC(C(F)(F)F)CC2)cn1. The van der Waals surface area contributed by atoms with E-state index in [2.05, 4.69) is 10.3 Å². The molecule has 112 valence electrons. The van der Waals surface area contributed by atoms with E-state index in [4.69, 9.17) is 0 Å². The van der Waals surface area contributed by atoms with Gasteiger partial charge in [0.1, 0.15) is 0 Å². The topological polar surface area (TPSA) is 24.9 Å². The first-order valence-electron chi connectivity index (χ1n) is 7.10. The maximum absolute atomic E-state index is 12.6. The molecule has 5 heteroatoms. The number of halogens is 3. The number of pyridine rings is 1. The molecule has 0 aromatic carbocycles. The van der Waals surface area contributed by atoms with Gasteiger partial charge >= 0.3 is 6.18 Å². The van der Waals surface area contributed by atoms with E-state index in [0.717, 1.165) is 23.5 Å². The van der Waals surface area contributed by atoms with Crippen LogP contribution in [-0.4, -0.2) is 17.7 Å². The Hall–Kier alpha value is -1.26. The molecule has 1 heterocycles. The molecule has 0 atom stereocenters. The largest absolute Gasteiger partial charge is 0.391 e. The van der Waals surface area contributed by atoms with Gasteiger partial charge in [0.25, 0.3) is 0 Å². The van der Waals surface area contributed by atoms with Gasteiger partial charge < -0.3 is 5.32 Å². The number of aromatic nitrogens is 1. The highest BCUT2D eigenvalue weighted by Crippen LogP contribution is 2.39. The zero-order valence-electron chi connectivity index (χ0n) is 11.9. The van der Waals surface area contributed by atoms with Crippen molar-refractivity contribution in [3.63, 3.8) is 0 Å². The Morgan fingerprint density at radius 3 is 2.40 bits per heavy atom. The van der Waals surface area contributed by atoms with E-state index in [9.17, 15) is 13.2 Å². The van der Waals surface area contributed by atoms with Crippen LogP contribution in [-0.2, 0) is 0 Å². The molecule has 20 heavy (non-hydrogen) atoms. The molecule has 0 bridgehead atoms. The Balaban J connectivity index is 1.82. The fourth-order valence-electron chi connectivity index (χ4n) is 2.83. The Morgan fingerprint density at radius 2 is 1.85 bits per heavy atom. The molecule has 0 unspecified atom stereocenters. The number of hydrogen-bond acceptors (Lipinski definition) is 2. The summed E-state index contributed by atoms with van der Waals surface area (Å²) in [6, 6.07) is 2.00. The lowest BCUT2D eigenvalue weighted by Crippen LogP contribution is -2.29. The van der Waals surface area contributed by atoms with Crippen LogP contribution in [0.15, 0.2) is 12.3 Å². The third kappa shape index (κ3) is 3.87. The average molecular weight is 286 g/mol. The number of alkyl halides is 3. The first-order chi connectivity index (χ1) is 9.36. The van der Waals surface area contributed by atoms with Crippen LogP contribution >= 0.6 is 0 Å². The molecular formula is C15H21F3N2. The molecule has 0 aliphatic heterocycles. The average Bonchev–Trinajstić information content (AvgIpc) is 2.37. The summed E-state index contributed by atoms with van der Waals surface area (Å²) in [5, 5.41) is 3.32. The van der Waals surface area contributed by atoms with Gasteiger partial charge in [-0.25, -0.2) is 0 Å². The molecule has 1 aromatic heterocycles. The van der Waals surface area contributed by atoms with Crippen molar-refractivity contribution in [3.05, 3.63) is 23.5 Å². The monoisotopic (exact) mass is 286 g/mol. The standard InChI is InChI=1S/C15H21F3N2/c1-10-7-11(2)19-9-14(10)20-8-12-3-5-13(6-4-12)15(16,17)18/h7,9,12-13,20H,3-6,8H2,1-2H3. The fraction of sp³-hybridized carbons (Fsp3) is 0.667. The van der Waals surface area contributed by atoms with E-state index >= 15 is 0 Å². The highest BCUT2D eigenvalue weighted by molar-refractivity contribution is 5.49. The third-order valence-corrected chi connectivity index (χ3v) is 4.14. The summed E-state index contributed by atoms with van der Waals surface area (Å²) >= 11 is 0. The van der Waals surface area contributed by atoms with Crippen molar-refractivity contribution < 1.29 is 13.2 Å². The second-order valence-corrected chi connectivity index (χ2v) is 5.78.